The summed E-state index contributed by atoms with van der Waals surface area (Å²) in [5, 5.41) is 57.8. The van der Waals surface area contributed by atoms with Crippen molar-refractivity contribution >= 4 is 23.2 Å². The second-order valence-corrected chi connectivity index (χ2v) is 13.0. The molecule has 1 saturated carbocycles. The first-order valence-corrected chi connectivity index (χ1v) is 15.3. The van der Waals surface area contributed by atoms with E-state index in [1.54, 1.807) is 20.1 Å². The van der Waals surface area contributed by atoms with Gasteiger partial charge in [-0.2, -0.15) is 0 Å². The number of likely N-dealkylation sites (N-methyl/N-ethyl adjacent to an activating group) is 1. The number of nitrogens with two attached hydrogens (primary N) is 1. The van der Waals surface area contributed by atoms with Gasteiger partial charge >= 0.3 is 0 Å². The van der Waals surface area contributed by atoms with E-state index >= 15 is 0 Å². The number of nitrogens with zero attached hydrogens (tertiary/aromatic N) is 2. The number of carbonyl (C=O) groups excluding carboxylic acids is 3. The van der Waals surface area contributed by atoms with E-state index in [9.17, 15) is 39.9 Å². The summed E-state index contributed by atoms with van der Waals surface area (Å²) in [7, 11) is 4.56. The molecular formula is C34H39N3O9. The average molecular weight is 634 g/mol. The molecule has 12 nitrogen and oxygen atoms in total. The monoisotopic (exact) mass is 633 g/mol. The van der Waals surface area contributed by atoms with Crippen LogP contribution in [0.3, 0.4) is 0 Å². The van der Waals surface area contributed by atoms with Gasteiger partial charge in [-0.25, -0.2) is 0 Å². The molecule has 6 rings (SSSR count). The number of benzene rings is 2. The van der Waals surface area contributed by atoms with Crippen LogP contribution in [0.15, 0.2) is 47.2 Å². The number of fused-ring (bicyclic) bond motifs is 3. The molecule has 2 aromatic rings. The summed E-state index contributed by atoms with van der Waals surface area (Å²) in [6, 6.07) is 7.39. The normalized spacial score (nSPS) is 29.6. The van der Waals surface area contributed by atoms with Crippen LogP contribution in [0.1, 0.15) is 42.4 Å². The molecule has 7 N–H and O–H groups in total. The van der Waals surface area contributed by atoms with E-state index in [0.717, 1.165) is 37.1 Å². The van der Waals surface area contributed by atoms with Crippen molar-refractivity contribution in [1.29, 1.82) is 0 Å². The van der Waals surface area contributed by atoms with Crippen LogP contribution < -0.4 is 10.5 Å². The number of Topliss-reactive ketones (excluding diaryl/α,β-unsaturated/α-hetero) is 2. The number of hydrogen-bond acceptors (Lipinski definition) is 11. The third-order valence-electron chi connectivity index (χ3n) is 10.3. The van der Waals surface area contributed by atoms with E-state index in [4.69, 9.17) is 10.5 Å². The lowest BCUT2D eigenvalue weighted by molar-refractivity contribution is -0.169. The molecular weight excluding hydrogens is 594 g/mol. The Labute approximate surface area is 266 Å². The molecule has 6 atom stereocenters. The summed E-state index contributed by atoms with van der Waals surface area (Å²) < 4.78 is 5.65. The maximum atomic E-state index is 14.3. The van der Waals surface area contributed by atoms with E-state index in [1.165, 1.54) is 25.1 Å². The van der Waals surface area contributed by atoms with Gasteiger partial charge in [0.05, 0.1) is 30.7 Å². The predicted molar refractivity (Wildman–Crippen MR) is 167 cm³/mol. The molecule has 4 aliphatic rings. The summed E-state index contributed by atoms with van der Waals surface area (Å²) in [6.45, 7) is 4.35. The van der Waals surface area contributed by atoms with E-state index in [-0.39, 0.29) is 11.3 Å². The fourth-order valence-electron chi connectivity index (χ4n) is 8.20. The second kappa shape index (κ2) is 11.2. The smallest absolute Gasteiger partial charge is 0.255 e. The molecule has 2 fully saturated rings. The number of ketones is 2. The highest BCUT2D eigenvalue weighted by atomic mass is 16.5. The lowest BCUT2D eigenvalue weighted by Crippen LogP contribution is -2.70. The topological polar surface area (TPSA) is 194 Å². The molecule has 1 heterocycles. The third kappa shape index (κ3) is 4.38. The van der Waals surface area contributed by atoms with E-state index in [2.05, 4.69) is 4.90 Å². The molecule has 1 saturated heterocycles. The number of aliphatic hydroxyl groups is 4. The highest BCUT2D eigenvalue weighted by molar-refractivity contribution is 6.24. The lowest BCUT2D eigenvalue weighted by atomic mass is 9.54. The first-order valence-electron chi connectivity index (χ1n) is 15.3. The minimum absolute atomic E-state index is 0.0506. The van der Waals surface area contributed by atoms with Gasteiger partial charge in [0.2, 0.25) is 5.78 Å². The number of primary amides is 1. The zero-order valence-electron chi connectivity index (χ0n) is 26.1. The zero-order chi connectivity index (χ0) is 33.4. The lowest BCUT2D eigenvalue weighted by Gasteiger charge is -2.53. The number of hydrogen-bond donors (Lipinski definition) is 6. The summed E-state index contributed by atoms with van der Waals surface area (Å²) in [5.41, 5.74) is 3.82. The van der Waals surface area contributed by atoms with Crippen molar-refractivity contribution in [3.63, 3.8) is 0 Å². The molecule has 2 aromatic carbocycles. The number of likely N-dealkylation sites (tertiary alicyclic amines) is 1. The molecule has 3 aliphatic carbocycles. The maximum absolute atomic E-state index is 14.3. The number of aromatic hydroxyl groups is 1. The standard InChI is InChI=1S/C34H39N3O9/c1-15-21-18(16-7-10-20(46-4)17(13-16)14-37-11-5-6-12-37)8-9-19(38)23(21)28(39)24-22(15)29(40)26-27(36(2)3)30(41)25(33(35)44)32(43)34(26,45)31(24)42/h7-10,13,15,22,26-27,29,38-40,43,45H,5-6,11-12,14H2,1-4H3,(H2,35,44)/t15-,22+,26+,27-,29-,34-/m1/s1. The van der Waals surface area contributed by atoms with Gasteiger partial charge in [-0.15, -0.1) is 0 Å². The summed E-state index contributed by atoms with van der Waals surface area (Å²) >= 11 is 0. The quantitative estimate of drug-likeness (QED) is 0.254. The van der Waals surface area contributed by atoms with Crippen molar-refractivity contribution in [2.75, 3.05) is 34.3 Å². The van der Waals surface area contributed by atoms with Crippen molar-refractivity contribution in [2.45, 2.75) is 50.0 Å². The van der Waals surface area contributed by atoms with Gasteiger partial charge < -0.3 is 36.0 Å². The Hall–Kier alpha value is -4.23. The maximum Gasteiger partial charge on any atom is 0.255 e. The Morgan fingerprint density at radius 2 is 1.78 bits per heavy atom. The van der Waals surface area contributed by atoms with Crippen molar-refractivity contribution in [3.05, 3.63) is 63.9 Å². The number of rotatable bonds is 6. The van der Waals surface area contributed by atoms with Gasteiger partial charge in [0.25, 0.3) is 5.91 Å². The van der Waals surface area contributed by atoms with Gasteiger partial charge in [-0.1, -0.05) is 19.1 Å². The van der Waals surface area contributed by atoms with Crippen LogP contribution in [0, 0.1) is 11.8 Å². The molecule has 1 aliphatic heterocycles. The first kappa shape index (κ1) is 31.7. The first-order chi connectivity index (χ1) is 21.7. The molecule has 0 spiro atoms. The van der Waals surface area contributed by atoms with Crippen molar-refractivity contribution in [3.8, 4) is 22.6 Å². The van der Waals surface area contributed by atoms with Gasteiger partial charge in [-0.3, -0.25) is 24.2 Å². The number of methoxy groups -OCH3 is 1. The number of phenolic OH excluding ortho intramolecular Hbond substituents is 1. The summed E-state index contributed by atoms with van der Waals surface area (Å²) in [5.74, 6) is -8.57. The number of amides is 1. The van der Waals surface area contributed by atoms with Crippen LogP contribution >= 0.6 is 0 Å². The summed E-state index contributed by atoms with van der Waals surface area (Å²) in [6.07, 6.45) is 0.567. The molecule has 0 bridgehead atoms. The fraction of sp³-hybridized carbons (Fsp3) is 0.441. The fourth-order valence-corrected chi connectivity index (χ4v) is 8.20. The Bertz CT molecular complexity index is 1720. The molecule has 0 aromatic heterocycles. The second-order valence-electron chi connectivity index (χ2n) is 13.0. The van der Waals surface area contributed by atoms with Crippen LogP contribution in [0.25, 0.3) is 16.9 Å². The van der Waals surface area contributed by atoms with Crippen LogP contribution in [0.2, 0.25) is 0 Å². The SMILES string of the molecule is COc1ccc(-c2ccc(O)c3c2[C@@H](C)[C@H]2C(=C3O)C(=O)[C@@]3(O)C(O)=C(C(N)=O)C(=O)[C@H](N(C)C)[C@H]3[C@@H]2O)cc1CN1CCCC1. The molecule has 12 heteroatoms. The van der Waals surface area contributed by atoms with Crippen LogP contribution in [0.5, 0.6) is 11.5 Å². The van der Waals surface area contributed by atoms with Crippen molar-refractivity contribution in [1.82, 2.24) is 9.80 Å². The minimum atomic E-state index is -2.96. The molecule has 0 radical (unpaired) electrons. The zero-order valence-corrected chi connectivity index (χ0v) is 26.1. The van der Waals surface area contributed by atoms with E-state index in [0.29, 0.717) is 23.4 Å². The highest BCUT2D eigenvalue weighted by Gasteiger charge is 2.68. The largest absolute Gasteiger partial charge is 0.508 e. The Kier molecular flexibility index (Phi) is 7.75. The van der Waals surface area contributed by atoms with Crippen LogP contribution in [-0.2, 0) is 20.9 Å². The van der Waals surface area contributed by atoms with Crippen molar-refractivity contribution < 1.29 is 44.7 Å². The highest BCUT2D eigenvalue weighted by Crippen LogP contribution is 2.57. The number of aliphatic hydroxyl groups excluding tert-OH is 3. The van der Waals surface area contributed by atoms with Gasteiger partial charge in [0.15, 0.2) is 11.4 Å². The van der Waals surface area contributed by atoms with Crippen molar-refractivity contribution in [2.24, 2.45) is 17.6 Å². The van der Waals surface area contributed by atoms with Gasteiger partial charge in [0, 0.05) is 23.6 Å². The Morgan fingerprint density at radius 3 is 2.39 bits per heavy atom. The number of phenols is 1. The predicted octanol–water partition coefficient (Wildman–Crippen LogP) is 1.77. The van der Waals surface area contributed by atoms with Crippen LogP contribution in [0.4, 0.5) is 0 Å². The number of ether oxygens (including phenoxy) is 1. The molecule has 0 unspecified atom stereocenters. The third-order valence-corrected chi connectivity index (χ3v) is 10.3. The van der Waals surface area contributed by atoms with Gasteiger partial charge in [0.1, 0.15) is 28.6 Å². The molecule has 46 heavy (non-hydrogen) atoms. The Balaban J connectivity index is 1.56. The average Bonchev–Trinajstić information content (AvgIpc) is 3.52. The van der Waals surface area contributed by atoms with Gasteiger partial charge in [-0.05, 0) is 80.8 Å². The minimum Gasteiger partial charge on any atom is -0.508 e. The van der Waals surface area contributed by atoms with E-state index < -0.39 is 75.6 Å². The molecule has 244 valence electrons. The Morgan fingerprint density at radius 1 is 1.11 bits per heavy atom. The molecule has 1 amide bonds. The van der Waals surface area contributed by atoms with Crippen LogP contribution in [-0.4, -0.2) is 105 Å². The number of carbonyl (C=O) groups is 3. The van der Waals surface area contributed by atoms with E-state index in [1.807, 2.05) is 18.2 Å². The summed E-state index contributed by atoms with van der Waals surface area (Å²) in [4.78, 5) is 43.7.